The molecule has 0 unspecified atom stereocenters. The van der Waals surface area contributed by atoms with Crippen molar-refractivity contribution in [1.29, 1.82) is 0 Å². The maximum absolute atomic E-state index is 12.2. The molecule has 2 rings (SSSR count). The molecule has 1 aromatic carbocycles. The monoisotopic (exact) mass is 449 g/mol. The molecule has 0 fully saturated rings. The molecule has 172 valence electrons. The first-order chi connectivity index (χ1) is 14.8. The zero-order valence-corrected chi connectivity index (χ0v) is 19.9. The number of carbonyl (C=O) groups excluding carboxylic acids is 1. The van der Waals surface area contributed by atoms with Crippen LogP contribution in [0.2, 0.25) is 0 Å². The van der Waals surface area contributed by atoms with Gasteiger partial charge < -0.3 is 5.32 Å². The number of nitrogens with one attached hydrogen (secondary N) is 1. The number of aromatic nitrogens is 2. The third-order valence-electron chi connectivity index (χ3n) is 5.30. The van der Waals surface area contributed by atoms with Crippen molar-refractivity contribution in [3.05, 3.63) is 43.0 Å². The van der Waals surface area contributed by atoms with Gasteiger partial charge in [0.25, 0.3) is 6.33 Å². The van der Waals surface area contributed by atoms with Crippen molar-refractivity contribution >= 4 is 21.8 Å². The van der Waals surface area contributed by atoms with Gasteiger partial charge in [0.05, 0.1) is 0 Å². The van der Waals surface area contributed by atoms with Crippen molar-refractivity contribution in [3.8, 4) is 5.69 Å². The minimum Gasteiger partial charge on any atom is -0.326 e. The van der Waals surface area contributed by atoms with Crippen molar-refractivity contribution in [2.45, 2.75) is 71.1 Å². The van der Waals surface area contributed by atoms with Crippen LogP contribution in [0.4, 0.5) is 5.69 Å². The van der Waals surface area contributed by atoms with Gasteiger partial charge in [-0.2, -0.15) is 12.7 Å². The number of hydrogen-bond acceptors (Lipinski definition) is 3. The summed E-state index contributed by atoms with van der Waals surface area (Å²) in [6.45, 7) is 2.23. The molecule has 0 aliphatic heterocycles. The van der Waals surface area contributed by atoms with Crippen LogP contribution < -0.4 is 9.29 Å². The summed E-state index contributed by atoms with van der Waals surface area (Å²) in [4.78, 5) is 12.2. The molecule has 0 radical (unpaired) electrons. The molecular formula is C23H37N4O3S+. The Morgan fingerprint density at radius 2 is 1.55 bits per heavy atom. The summed E-state index contributed by atoms with van der Waals surface area (Å²) in [5.74, 6) is 0.0339. The number of rotatable bonds is 14. The predicted molar refractivity (Wildman–Crippen MR) is 124 cm³/mol. The summed E-state index contributed by atoms with van der Waals surface area (Å²) >= 11 is 0. The van der Waals surface area contributed by atoms with Gasteiger partial charge in [-0.3, -0.25) is 4.79 Å². The number of unbranched alkanes of at least 4 members (excludes halogenated alkanes) is 8. The Morgan fingerprint density at radius 3 is 2.13 bits per heavy atom. The number of amides is 1. The van der Waals surface area contributed by atoms with E-state index in [1.807, 2.05) is 24.3 Å². The molecule has 0 bridgehead atoms. The summed E-state index contributed by atoms with van der Waals surface area (Å²) in [5.41, 5.74) is 1.55. The fraction of sp³-hybridized carbons (Fsp3) is 0.565. The SMILES string of the molecule is CCCCCCCCCCCC(=O)Nc1ccc(-n2cc[n+](S(=O)(=O)N(C)C)c2)cc1. The largest absolute Gasteiger partial charge is 0.379 e. The Kier molecular flexibility index (Phi) is 10.2. The lowest BCUT2D eigenvalue weighted by atomic mass is 10.1. The van der Waals surface area contributed by atoms with Crippen LogP contribution in [0.5, 0.6) is 0 Å². The molecule has 0 saturated carbocycles. The van der Waals surface area contributed by atoms with E-state index in [4.69, 9.17) is 0 Å². The Morgan fingerprint density at radius 1 is 0.968 bits per heavy atom. The lowest BCUT2D eigenvalue weighted by molar-refractivity contribution is -0.514. The van der Waals surface area contributed by atoms with Gasteiger partial charge in [-0.05, 0) is 30.7 Å². The quantitative estimate of drug-likeness (QED) is 0.345. The van der Waals surface area contributed by atoms with E-state index < -0.39 is 10.2 Å². The minimum absolute atomic E-state index is 0.0339. The number of carbonyl (C=O) groups is 1. The topological polar surface area (TPSA) is 75.3 Å². The van der Waals surface area contributed by atoms with Crippen LogP contribution in [0, 0.1) is 0 Å². The Hall–Kier alpha value is -2.19. The maximum Gasteiger partial charge on any atom is 0.379 e. The second-order valence-corrected chi connectivity index (χ2v) is 10.2. The highest BCUT2D eigenvalue weighted by Crippen LogP contribution is 2.15. The maximum atomic E-state index is 12.2. The normalized spacial score (nSPS) is 11.7. The average molecular weight is 450 g/mol. The number of anilines is 1. The third kappa shape index (κ3) is 8.10. The zero-order chi connectivity index (χ0) is 22.7. The number of nitrogens with zero attached hydrogens (tertiary/aromatic N) is 3. The van der Waals surface area contributed by atoms with Gasteiger partial charge in [-0.1, -0.05) is 58.3 Å². The van der Waals surface area contributed by atoms with Crippen molar-refractivity contribution in [1.82, 2.24) is 8.87 Å². The van der Waals surface area contributed by atoms with Gasteiger partial charge in [0, 0.05) is 26.2 Å². The number of benzene rings is 1. The zero-order valence-electron chi connectivity index (χ0n) is 19.1. The van der Waals surface area contributed by atoms with Gasteiger partial charge in [-0.15, -0.1) is 3.97 Å². The molecule has 31 heavy (non-hydrogen) atoms. The van der Waals surface area contributed by atoms with Crippen LogP contribution in [0.15, 0.2) is 43.0 Å². The minimum atomic E-state index is -3.54. The molecule has 7 nitrogen and oxygen atoms in total. The van der Waals surface area contributed by atoms with Gasteiger partial charge in [-0.25, -0.2) is 4.57 Å². The fourth-order valence-corrected chi connectivity index (χ4v) is 4.16. The van der Waals surface area contributed by atoms with Crippen LogP contribution in [-0.2, 0) is 15.0 Å². The van der Waals surface area contributed by atoms with Gasteiger partial charge >= 0.3 is 10.2 Å². The summed E-state index contributed by atoms with van der Waals surface area (Å²) in [6, 6.07) is 7.35. The van der Waals surface area contributed by atoms with Crippen LogP contribution in [0.25, 0.3) is 5.69 Å². The molecule has 0 aliphatic carbocycles. The number of imidazole rings is 1. The summed E-state index contributed by atoms with van der Waals surface area (Å²) < 4.78 is 28.4. The van der Waals surface area contributed by atoms with Gasteiger partial charge in [0.2, 0.25) is 5.91 Å². The van der Waals surface area contributed by atoms with E-state index in [9.17, 15) is 13.2 Å². The van der Waals surface area contributed by atoms with Crippen LogP contribution in [0.3, 0.4) is 0 Å². The molecule has 1 heterocycles. The summed E-state index contributed by atoms with van der Waals surface area (Å²) in [5, 5.41) is 2.93. The standard InChI is InChI=1S/C23H36N4O3S/c1-4-5-6-7-8-9-10-11-12-13-23(28)24-21-14-16-22(17-15-21)26-18-19-27(20-26)31(29,30)25(2)3/h14-20H,4-13H2,1-3H3/p+1. The predicted octanol–water partition coefficient (Wildman–Crippen LogP) is 4.28. The first kappa shape index (κ1) is 25.1. The Balaban J connectivity index is 1.74. The summed E-state index contributed by atoms with van der Waals surface area (Å²) in [6.07, 6.45) is 16.3. The van der Waals surface area contributed by atoms with E-state index in [0.717, 1.165) is 32.5 Å². The first-order valence-electron chi connectivity index (χ1n) is 11.3. The van der Waals surface area contributed by atoms with E-state index in [0.29, 0.717) is 6.42 Å². The molecule has 0 spiro atoms. The molecule has 1 N–H and O–H groups in total. The van der Waals surface area contributed by atoms with Crippen LogP contribution in [0.1, 0.15) is 71.1 Å². The fourth-order valence-electron chi connectivity index (χ4n) is 3.35. The van der Waals surface area contributed by atoms with Crippen LogP contribution >= 0.6 is 0 Å². The highest BCUT2D eigenvalue weighted by molar-refractivity contribution is 7.82. The second-order valence-electron chi connectivity index (χ2n) is 8.11. The van der Waals surface area contributed by atoms with Gasteiger partial charge in [0.15, 0.2) is 0 Å². The highest BCUT2D eigenvalue weighted by Gasteiger charge is 2.23. The molecule has 0 saturated heterocycles. The molecule has 2 aromatic rings. The molecular weight excluding hydrogens is 412 g/mol. The highest BCUT2D eigenvalue weighted by atomic mass is 32.2. The molecule has 0 aliphatic rings. The van der Waals surface area contributed by atoms with E-state index in [1.54, 1.807) is 10.8 Å². The third-order valence-corrected chi connectivity index (χ3v) is 6.97. The van der Waals surface area contributed by atoms with Crippen LogP contribution in [-0.4, -0.2) is 37.3 Å². The summed E-state index contributed by atoms with van der Waals surface area (Å²) in [7, 11) is -0.553. The molecule has 8 heteroatoms. The lowest BCUT2D eigenvalue weighted by Gasteiger charge is -2.06. The van der Waals surface area contributed by atoms with Crippen molar-refractivity contribution in [2.75, 3.05) is 19.4 Å². The van der Waals surface area contributed by atoms with E-state index in [2.05, 4.69) is 12.2 Å². The van der Waals surface area contributed by atoms with E-state index in [-0.39, 0.29) is 5.91 Å². The molecule has 1 aromatic heterocycles. The number of hydrogen-bond donors (Lipinski definition) is 1. The van der Waals surface area contributed by atoms with Crippen molar-refractivity contribution in [2.24, 2.45) is 0 Å². The average Bonchev–Trinajstić information content (AvgIpc) is 3.24. The van der Waals surface area contributed by atoms with Crippen molar-refractivity contribution in [3.63, 3.8) is 0 Å². The Labute approximate surface area is 187 Å². The lowest BCUT2D eigenvalue weighted by Crippen LogP contribution is -2.48. The molecule has 0 atom stereocenters. The second kappa shape index (κ2) is 12.6. The smallest absolute Gasteiger partial charge is 0.326 e. The van der Waals surface area contributed by atoms with E-state index >= 15 is 0 Å². The van der Waals surface area contributed by atoms with Gasteiger partial charge in [0.1, 0.15) is 18.1 Å². The van der Waals surface area contributed by atoms with E-state index in [1.165, 1.54) is 71.6 Å². The molecule has 1 amide bonds. The van der Waals surface area contributed by atoms with Crippen molar-refractivity contribution < 1.29 is 17.2 Å². The Bertz CT molecular complexity index is 905. The first-order valence-corrected chi connectivity index (χ1v) is 12.7.